The molecule has 0 bridgehead atoms. The van der Waals surface area contributed by atoms with Gasteiger partial charge in [0.25, 0.3) is 0 Å². The molecule has 0 amide bonds. The molecule has 1 aliphatic heterocycles. The van der Waals surface area contributed by atoms with Gasteiger partial charge in [-0.25, -0.2) is 4.98 Å². The lowest BCUT2D eigenvalue weighted by molar-refractivity contribution is 0.352. The Hall–Kier alpha value is -3.18. The summed E-state index contributed by atoms with van der Waals surface area (Å²) in [6.07, 6.45) is 1.59. The highest BCUT2D eigenvalue weighted by atomic mass is 79.9. The first kappa shape index (κ1) is 17.2. The Balaban J connectivity index is 1.99. The molecule has 136 valence electrons. The van der Waals surface area contributed by atoms with Crippen LogP contribution in [-0.2, 0) is 0 Å². The van der Waals surface area contributed by atoms with Crippen LogP contribution in [0.25, 0.3) is 11.0 Å². The summed E-state index contributed by atoms with van der Waals surface area (Å²) >= 11 is 3.51. The number of allylic oxidation sites excluding steroid dienone is 1. The number of imidazole rings is 1. The zero-order chi connectivity index (χ0) is 19.1. The van der Waals surface area contributed by atoms with Crippen molar-refractivity contribution in [3.63, 3.8) is 0 Å². The van der Waals surface area contributed by atoms with E-state index in [0.29, 0.717) is 32.8 Å². The smallest absolute Gasteiger partial charge is 0.205 e. The Labute approximate surface area is 163 Å². The summed E-state index contributed by atoms with van der Waals surface area (Å²) < 4.78 is 17.3. The molecular weight excluding hydrogens is 412 g/mol. The highest BCUT2D eigenvalue weighted by Crippen LogP contribution is 2.47. The molecule has 8 heteroatoms. The molecule has 0 aliphatic carbocycles. The van der Waals surface area contributed by atoms with Gasteiger partial charge in [0.05, 0.1) is 36.5 Å². The van der Waals surface area contributed by atoms with E-state index in [1.54, 1.807) is 20.5 Å². The van der Waals surface area contributed by atoms with Gasteiger partial charge in [-0.2, -0.15) is 5.26 Å². The predicted molar refractivity (Wildman–Crippen MR) is 103 cm³/mol. The predicted octanol–water partition coefficient (Wildman–Crippen LogP) is 3.56. The summed E-state index contributed by atoms with van der Waals surface area (Å²) in [4.78, 5) is 7.38. The molecule has 0 radical (unpaired) electrons. The number of aromatic amines is 1. The maximum absolute atomic E-state index is 9.73. The zero-order valence-corrected chi connectivity index (χ0v) is 16.1. The maximum Gasteiger partial charge on any atom is 0.205 e. The van der Waals surface area contributed by atoms with Crippen LogP contribution in [0.1, 0.15) is 17.0 Å². The third-order valence-electron chi connectivity index (χ3n) is 4.56. The van der Waals surface area contributed by atoms with E-state index in [1.165, 1.54) is 0 Å². The quantitative estimate of drug-likeness (QED) is 0.662. The van der Waals surface area contributed by atoms with E-state index in [1.807, 2.05) is 24.3 Å². The minimum atomic E-state index is -0.420. The highest BCUT2D eigenvalue weighted by Gasteiger charge is 2.33. The summed E-state index contributed by atoms with van der Waals surface area (Å²) in [6, 6.07) is 9.73. The van der Waals surface area contributed by atoms with Gasteiger partial charge >= 0.3 is 0 Å². The molecule has 27 heavy (non-hydrogen) atoms. The van der Waals surface area contributed by atoms with E-state index < -0.39 is 5.92 Å². The molecule has 2 aromatic carbocycles. The number of hydrogen-bond acceptors (Lipinski definition) is 6. The fourth-order valence-corrected chi connectivity index (χ4v) is 3.99. The fourth-order valence-electron chi connectivity index (χ4n) is 3.37. The number of aromatic nitrogens is 2. The first-order valence-corrected chi connectivity index (χ1v) is 8.83. The molecular formula is C19H15BrN4O3. The molecule has 1 atom stereocenters. The number of nitrogens with zero attached hydrogens (tertiary/aromatic N) is 2. The van der Waals surface area contributed by atoms with Gasteiger partial charge < -0.3 is 24.9 Å². The van der Waals surface area contributed by atoms with Gasteiger partial charge in [-0.15, -0.1) is 0 Å². The van der Waals surface area contributed by atoms with Gasteiger partial charge in [0, 0.05) is 5.56 Å². The van der Waals surface area contributed by atoms with E-state index >= 15 is 0 Å². The van der Waals surface area contributed by atoms with Crippen molar-refractivity contribution in [1.29, 1.82) is 5.26 Å². The summed E-state index contributed by atoms with van der Waals surface area (Å²) in [5, 5.41) is 9.73. The summed E-state index contributed by atoms with van der Waals surface area (Å²) in [5.74, 6) is 1.31. The summed E-state index contributed by atoms with van der Waals surface area (Å²) in [7, 11) is 3.13. The van der Waals surface area contributed by atoms with E-state index in [-0.39, 0.29) is 5.88 Å². The topological polar surface area (TPSA) is 106 Å². The van der Waals surface area contributed by atoms with Gasteiger partial charge in [-0.1, -0.05) is 6.07 Å². The largest absolute Gasteiger partial charge is 0.493 e. The zero-order valence-electron chi connectivity index (χ0n) is 14.5. The van der Waals surface area contributed by atoms with Crippen molar-refractivity contribution in [2.75, 3.05) is 14.2 Å². The lowest BCUT2D eigenvalue weighted by atomic mass is 9.83. The Bertz CT molecular complexity index is 1130. The molecule has 0 saturated heterocycles. The molecule has 2 heterocycles. The van der Waals surface area contributed by atoms with Crippen LogP contribution >= 0.6 is 15.9 Å². The van der Waals surface area contributed by atoms with Crippen LogP contribution < -0.4 is 19.9 Å². The molecule has 0 fully saturated rings. The lowest BCUT2D eigenvalue weighted by Crippen LogP contribution is -2.21. The molecule has 1 aliphatic rings. The van der Waals surface area contributed by atoms with Crippen LogP contribution in [0.5, 0.6) is 17.2 Å². The van der Waals surface area contributed by atoms with Gasteiger partial charge in [0.2, 0.25) is 5.88 Å². The number of nitriles is 1. The number of nitrogens with one attached hydrogen (secondary N) is 1. The van der Waals surface area contributed by atoms with Gasteiger partial charge in [-0.05, 0) is 39.7 Å². The van der Waals surface area contributed by atoms with Crippen molar-refractivity contribution in [2.45, 2.75) is 5.92 Å². The number of benzene rings is 2. The van der Waals surface area contributed by atoms with Crippen molar-refractivity contribution >= 4 is 27.0 Å². The van der Waals surface area contributed by atoms with E-state index in [0.717, 1.165) is 16.6 Å². The average molecular weight is 427 g/mol. The molecule has 4 rings (SSSR count). The monoisotopic (exact) mass is 426 g/mol. The second-order valence-electron chi connectivity index (χ2n) is 5.95. The number of fused-ring (bicyclic) bond motifs is 3. The van der Waals surface area contributed by atoms with Gasteiger partial charge in [0.1, 0.15) is 17.2 Å². The molecule has 1 unspecified atom stereocenters. The van der Waals surface area contributed by atoms with Crippen molar-refractivity contribution in [3.8, 4) is 23.3 Å². The Morgan fingerprint density at radius 3 is 2.81 bits per heavy atom. The number of H-pyrrole nitrogens is 1. The average Bonchev–Trinajstić information content (AvgIpc) is 3.15. The van der Waals surface area contributed by atoms with Crippen molar-refractivity contribution in [2.24, 2.45) is 5.73 Å². The molecule has 7 nitrogen and oxygen atoms in total. The highest BCUT2D eigenvalue weighted by molar-refractivity contribution is 9.10. The summed E-state index contributed by atoms with van der Waals surface area (Å²) in [6.45, 7) is 0. The van der Waals surface area contributed by atoms with Crippen molar-refractivity contribution < 1.29 is 14.2 Å². The third kappa shape index (κ3) is 2.59. The molecule has 3 N–H and O–H groups in total. The minimum absolute atomic E-state index is 0.0661. The number of ether oxygens (including phenoxy) is 3. The molecule has 0 saturated carbocycles. The van der Waals surface area contributed by atoms with Gasteiger partial charge in [0.15, 0.2) is 17.2 Å². The second-order valence-corrected chi connectivity index (χ2v) is 6.80. The fraction of sp³-hybridized carbons (Fsp3) is 0.158. The summed E-state index contributed by atoms with van der Waals surface area (Å²) in [5.41, 5.74) is 9.53. The standard InChI is InChI=1S/C19H15BrN4O3/c1-25-14-6-9(5-12(20)18(14)26-2)15-10-3-4-13-16(24-8-23-13)17(10)27-19(22)11(15)7-21/h3-6,8,15H,22H2,1-2H3,(H,23,24). The number of hydrogen-bond donors (Lipinski definition) is 2. The second kappa shape index (κ2) is 6.52. The van der Waals surface area contributed by atoms with Crippen LogP contribution in [0.4, 0.5) is 0 Å². The number of methoxy groups -OCH3 is 2. The number of nitrogens with two attached hydrogens (primary N) is 1. The number of rotatable bonds is 3. The first-order chi connectivity index (χ1) is 13.1. The minimum Gasteiger partial charge on any atom is -0.493 e. The SMILES string of the molecule is COc1cc(C2C(C#N)=C(N)Oc3c2ccc2[nH]cnc32)cc(Br)c1OC. The molecule has 1 aromatic heterocycles. The van der Waals surface area contributed by atoms with E-state index in [2.05, 4.69) is 32.0 Å². The van der Waals surface area contributed by atoms with Crippen LogP contribution in [0.3, 0.4) is 0 Å². The third-order valence-corrected chi connectivity index (χ3v) is 5.15. The van der Waals surface area contributed by atoms with Crippen LogP contribution in [0.2, 0.25) is 0 Å². The van der Waals surface area contributed by atoms with Crippen molar-refractivity contribution in [3.05, 3.63) is 57.6 Å². The van der Waals surface area contributed by atoms with Gasteiger partial charge in [-0.3, -0.25) is 0 Å². The van der Waals surface area contributed by atoms with Crippen LogP contribution in [0.15, 0.2) is 46.5 Å². The number of halogens is 1. The maximum atomic E-state index is 9.73. The van der Waals surface area contributed by atoms with Crippen LogP contribution in [-0.4, -0.2) is 24.2 Å². The Kier molecular flexibility index (Phi) is 4.16. The van der Waals surface area contributed by atoms with E-state index in [4.69, 9.17) is 19.9 Å². The first-order valence-electron chi connectivity index (χ1n) is 8.04. The Morgan fingerprint density at radius 1 is 1.30 bits per heavy atom. The molecule has 0 spiro atoms. The Morgan fingerprint density at radius 2 is 2.11 bits per heavy atom. The van der Waals surface area contributed by atoms with Crippen molar-refractivity contribution in [1.82, 2.24) is 9.97 Å². The normalized spacial score (nSPS) is 15.9. The van der Waals surface area contributed by atoms with E-state index in [9.17, 15) is 5.26 Å². The lowest BCUT2D eigenvalue weighted by Gasteiger charge is -2.27. The van der Waals surface area contributed by atoms with Crippen LogP contribution in [0, 0.1) is 11.3 Å². The molecule has 3 aromatic rings.